The van der Waals surface area contributed by atoms with Gasteiger partial charge < -0.3 is 10.4 Å². The third kappa shape index (κ3) is 5.33. The Bertz CT molecular complexity index is 502. The molecule has 0 saturated heterocycles. The summed E-state index contributed by atoms with van der Waals surface area (Å²) in [6, 6.07) is 3.31. The summed E-state index contributed by atoms with van der Waals surface area (Å²) in [6.07, 6.45) is 3.85. The standard InChI is InChI=1S/C14H18N2O3/c1-14(2,3)9-16-13(19)12-10(5-4-8-15-12)6-7-11(17)18/h4-8H,9H2,1-3H3,(H,16,19)(H,17,18)/b7-6+. The van der Waals surface area contributed by atoms with Crippen molar-refractivity contribution >= 4 is 18.0 Å². The van der Waals surface area contributed by atoms with Gasteiger partial charge in [0, 0.05) is 24.4 Å². The van der Waals surface area contributed by atoms with E-state index in [1.807, 2.05) is 20.8 Å². The number of hydrogen-bond donors (Lipinski definition) is 2. The molecule has 0 aromatic carbocycles. The lowest BCUT2D eigenvalue weighted by molar-refractivity contribution is -0.131. The van der Waals surface area contributed by atoms with Crippen molar-refractivity contribution in [2.24, 2.45) is 5.41 Å². The number of carboxylic acids is 1. The Morgan fingerprint density at radius 2 is 2.11 bits per heavy atom. The first kappa shape index (κ1) is 14.9. The maximum atomic E-state index is 12.0. The highest BCUT2D eigenvalue weighted by Crippen LogP contribution is 2.12. The van der Waals surface area contributed by atoms with Crippen LogP contribution in [0.1, 0.15) is 36.8 Å². The molecule has 0 bridgehead atoms. The lowest BCUT2D eigenvalue weighted by Gasteiger charge is -2.18. The number of carbonyl (C=O) groups is 2. The molecule has 0 saturated carbocycles. The molecule has 1 aromatic rings. The molecule has 1 rings (SSSR count). The number of carboxylic acid groups (broad SMARTS) is 1. The fraction of sp³-hybridized carbons (Fsp3) is 0.357. The van der Waals surface area contributed by atoms with Crippen LogP contribution >= 0.6 is 0 Å². The van der Waals surface area contributed by atoms with E-state index in [9.17, 15) is 9.59 Å². The molecular formula is C14H18N2O3. The van der Waals surface area contributed by atoms with Crippen molar-refractivity contribution in [3.8, 4) is 0 Å². The van der Waals surface area contributed by atoms with Crippen LogP contribution in [-0.4, -0.2) is 28.5 Å². The van der Waals surface area contributed by atoms with Crippen molar-refractivity contribution in [2.45, 2.75) is 20.8 Å². The number of pyridine rings is 1. The highest BCUT2D eigenvalue weighted by molar-refractivity contribution is 5.97. The van der Waals surface area contributed by atoms with E-state index in [0.29, 0.717) is 12.1 Å². The smallest absolute Gasteiger partial charge is 0.328 e. The molecule has 0 aliphatic carbocycles. The van der Waals surface area contributed by atoms with E-state index < -0.39 is 5.97 Å². The normalized spacial score (nSPS) is 11.5. The predicted molar refractivity (Wildman–Crippen MR) is 72.7 cm³/mol. The molecular weight excluding hydrogens is 244 g/mol. The maximum Gasteiger partial charge on any atom is 0.328 e. The summed E-state index contributed by atoms with van der Waals surface area (Å²) in [5.41, 5.74) is 0.683. The highest BCUT2D eigenvalue weighted by atomic mass is 16.4. The second kappa shape index (κ2) is 6.13. The Kier molecular flexibility index (Phi) is 4.80. The van der Waals surface area contributed by atoms with Crippen molar-refractivity contribution in [3.63, 3.8) is 0 Å². The Morgan fingerprint density at radius 1 is 1.42 bits per heavy atom. The predicted octanol–water partition coefficient (Wildman–Crippen LogP) is 1.96. The number of hydrogen-bond acceptors (Lipinski definition) is 3. The molecule has 102 valence electrons. The van der Waals surface area contributed by atoms with Gasteiger partial charge in [0.1, 0.15) is 5.69 Å². The van der Waals surface area contributed by atoms with E-state index in [4.69, 9.17) is 5.11 Å². The molecule has 2 N–H and O–H groups in total. The van der Waals surface area contributed by atoms with Crippen molar-refractivity contribution < 1.29 is 14.7 Å². The van der Waals surface area contributed by atoms with Crippen LogP contribution < -0.4 is 5.32 Å². The molecule has 0 fully saturated rings. The van der Waals surface area contributed by atoms with Crippen molar-refractivity contribution in [1.82, 2.24) is 10.3 Å². The van der Waals surface area contributed by atoms with Gasteiger partial charge in [-0.15, -0.1) is 0 Å². The van der Waals surface area contributed by atoms with Crippen LogP contribution in [0.2, 0.25) is 0 Å². The van der Waals surface area contributed by atoms with Gasteiger partial charge in [0.2, 0.25) is 0 Å². The summed E-state index contributed by atoms with van der Waals surface area (Å²) in [5.74, 6) is -1.37. The molecule has 0 radical (unpaired) electrons. The molecule has 0 aliphatic heterocycles. The minimum Gasteiger partial charge on any atom is -0.478 e. The first-order chi connectivity index (χ1) is 8.79. The monoisotopic (exact) mass is 262 g/mol. The Balaban J connectivity index is 2.88. The number of nitrogens with one attached hydrogen (secondary N) is 1. The average Bonchev–Trinajstić information content (AvgIpc) is 2.33. The summed E-state index contributed by atoms with van der Waals surface area (Å²) in [4.78, 5) is 26.5. The van der Waals surface area contributed by atoms with E-state index in [-0.39, 0.29) is 17.0 Å². The first-order valence-electron chi connectivity index (χ1n) is 5.94. The van der Waals surface area contributed by atoms with Crippen molar-refractivity contribution in [2.75, 3.05) is 6.54 Å². The Morgan fingerprint density at radius 3 is 2.68 bits per heavy atom. The van der Waals surface area contributed by atoms with Crippen LogP contribution in [0, 0.1) is 5.41 Å². The lowest BCUT2D eigenvalue weighted by Crippen LogP contribution is -2.33. The number of aromatic nitrogens is 1. The van der Waals surface area contributed by atoms with Crippen molar-refractivity contribution in [3.05, 3.63) is 35.7 Å². The number of rotatable bonds is 4. The molecule has 0 atom stereocenters. The van der Waals surface area contributed by atoms with Gasteiger partial charge >= 0.3 is 5.97 Å². The van der Waals surface area contributed by atoms with Crippen LogP contribution in [0.5, 0.6) is 0 Å². The molecule has 0 aliphatic rings. The van der Waals surface area contributed by atoms with E-state index >= 15 is 0 Å². The van der Waals surface area contributed by atoms with E-state index in [1.165, 1.54) is 12.3 Å². The number of carbonyl (C=O) groups excluding carboxylic acids is 1. The second-order valence-electron chi connectivity index (χ2n) is 5.36. The summed E-state index contributed by atoms with van der Waals surface area (Å²) in [6.45, 7) is 6.55. The van der Waals surface area contributed by atoms with Gasteiger partial charge in [0.25, 0.3) is 5.91 Å². The average molecular weight is 262 g/mol. The fourth-order valence-corrected chi connectivity index (χ4v) is 1.33. The van der Waals surface area contributed by atoms with E-state index in [1.54, 1.807) is 12.1 Å². The minimum atomic E-state index is -1.06. The third-order valence-electron chi connectivity index (χ3n) is 2.24. The van der Waals surface area contributed by atoms with E-state index in [2.05, 4.69) is 10.3 Å². The molecule has 5 nitrogen and oxygen atoms in total. The van der Waals surface area contributed by atoms with Crippen LogP contribution in [0.15, 0.2) is 24.4 Å². The van der Waals surface area contributed by atoms with Crippen LogP contribution in [0.25, 0.3) is 6.08 Å². The molecule has 1 aromatic heterocycles. The molecule has 19 heavy (non-hydrogen) atoms. The van der Waals surface area contributed by atoms with Gasteiger partial charge in [-0.25, -0.2) is 4.79 Å². The van der Waals surface area contributed by atoms with Crippen molar-refractivity contribution in [1.29, 1.82) is 0 Å². The summed E-state index contributed by atoms with van der Waals surface area (Å²) >= 11 is 0. The zero-order valence-electron chi connectivity index (χ0n) is 11.3. The van der Waals surface area contributed by atoms with Gasteiger partial charge in [-0.2, -0.15) is 0 Å². The number of amides is 1. The summed E-state index contributed by atoms with van der Waals surface area (Å²) in [7, 11) is 0. The zero-order chi connectivity index (χ0) is 14.5. The van der Waals surface area contributed by atoms with Crippen LogP contribution in [-0.2, 0) is 4.79 Å². The summed E-state index contributed by atoms with van der Waals surface area (Å²) in [5, 5.41) is 11.4. The first-order valence-corrected chi connectivity index (χ1v) is 5.94. The number of nitrogens with zero attached hydrogens (tertiary/aromatic N) is 1. The number of aliphatic carboxylic acids is 1. The van der Waals surface area contributed by atoms with Gasteiger partial charge in [0.15, 0.2) is 0 Å². The van der Waals surface area contributed by atoms with Crippen LogP contribution in [0.4, 0.5) is 0 Å². The second-order valence-corrected chi connectivity index (χ2v) is 5.36. The summed E-state index contributed by atoms with van der Waals surface area (Å²) < 4.78 is 0. The lowest BCUT2D eigenvalue weighted by atomic mass is 9.97. The topological polar surface area (TPSA) is 79.3 Å². The maximum absolute atomic E-state index is 12.0. The quantitative estimate of drug-likeness (QED) is 0.813. The van der Waals surface area contributed by atoms with E-state index in [0.717, 1.165) is 6.08 Å². The van der Waals surface area contributed by atoms with Gasteiger partial charge in [-0.3, -0.25) is 9.78 Å². The highest BCUT2D eigenvalue weighted by Gasteiger charge is 2.15. The molecule has 5 heteroatoms. The Hall–Kier alpha value is -2.17. The minimum absolute atomic E-state index is 0.0263. The molecule has 1 heterocycles. The fourth-order valence-electron chi connectivity index (χ4n) is 1.33. The molecule has 1 amide bonds. The van der Waals surface area contributed by atoms with Crippen LogP contribution in [0.3, 0.4) is 0 Å². The van der Waals surface area contributed by atoms with Gasteiger partial charge in [-0.1, -0.05) is 26.8 Å². The molecule has 0 unspecified atom stereocenters. The third-order valence-corrected chi connectivity index (χ3v) is 2.24. The largest absolute Gasteiger partial charge is 0.478 e. The van der Waals surface area contributed by atoms with Gasteiger partial charge in [-0.05, 0) is 17.6 Å². The molecule has 0 spiro atoms. The SMILES string of the molecule is CC(C)(C)CNC(=O)c1ncccc1/C=C/C(=O)O. The van der Waals surface area contributed by atoms with Gasteiger partial charge in [0.05, 0.1) is 0 Å². The zero-order valence-corrected chi connectivity index (χ0v) is 11.3. The Labute approximate surface area is 112 Å².